The summed E-state index contributed by atoms with van der Waals surface area (Å²) in [6.45, 7) is 3.95. The molecule has 0 aliphatic rings. The van der Waals surface area contributed by atoms with Gasteiger partial charge in [-0.15, -0.1) is 21.5 Å². The summed E-state index contributed by atoms with van der Waals surface area (Å²) in [5.74, 6) is 0.554. The number of hydrogen-bond donors (Lipinski definition) is 1. The Morgan fingerprint density at radius 3 is 3.14 bits per heavy atom. The Morgan fingerprint density at radius 2 is 2.38 bits per heavy atom. The molecule has 0 unspecified atom stereocenters. The van der Waals surface area contributed by atoms with Crippen LogP contribution in [0, 0.1) is 6.92 Å². The minimum absolute atomic E-state index is 0.511. The van der Waals surface area contributed by atoms with Gasteiger partial charge in [-0.05, 0) is 11.8 Å². The molecule has 0 spiro atoms. The van der Waals surface area contributed by atoms with Crippen molar-refractivity contribution in [3.05, 3.63) is 23.2 Å². The highest BCUT2D eigenvalue weighted by atomic mass is 32.2. The zero-order chi connectivity index (χ0) is 14.7. The van der Waals surface area contributed by atoms with Gasteiger partial charge in [-0.2, -0.15) is 0 Å². The van der Waals surface area contributed by atoms with Crippen LogP contribution in [0.3, 0.4) is 0 Å². The molecule has 112 valence electrons. The van der Waals surface area contributed by atoms with E-state index in [1.54, 1.807) is 25.4 Å². The molecule has 0 saturated heterocycles. The maximum atomic E-state index is 5.41. The van der Waals surface area contributed by atoms with E-state index >= 15 is 0 Å². The Bertz CT molecular complexity index is 720. The molecule has 0 aromatic carbocycles. The van der Waals surface area contributed by atoms with Gasteiger partial charge in [0.15, 0.2) is 4.96 Å². The smallest absolute Gasteiger partial charge is 0.282 e. The number of nitrogens with one attached hydrogen (secondary N) is 1. The molecule has 3 aromatic rings. The number of rotatable bonds is 7. The van der Waals surface area contributed by atoms with Gasteiger partial charge in [-0.3, -0.25) is 4.40 Å². The number of thiazole rings is 1. The summed E-state index contributed by atoms with van der Waals surface area (Å²) in [5, 5.41) is 14.6. The van der Waals surface area contributed by atoms with Crippen molar-refractivity contribution in [2.24, 2.45) is 0 Å². The second-order valence-corrected chi connectivity index (χ2v) is 6.09. The molecule has 0 bridgehead atoms. The second-order valence-electron chi connectivity index (χ2n) is 4.28. The largest absolute Gasteiger partial charge is 0.416 e. The summed E-state index contributed by atoms with van der Waals surface area (Å²) in [6.07, 6.45) is 2.02. The summed E-state index contributed by atoms with van der Waals surface area (Å²) in [7, 11) is 1.69. The average molecular weight is 325 g/mol. The lowest BCUT2D eigenvalue weighted by Gasteiger charge is -2.04. The predicted octanol–water partition coefficient (Wildman–Crippen LogP) is 1.97. The van der Waals surface area contributed by atoms with Crippen molar-refractivity contribution >= 4 is 28.1 Å². The molecule has 0 atom stereocenters. The van der Waals surface area contributed by atoms with E-state index in [2.05, 4.69) is 24.9 Å². The Hall–Kier alpha value is -1.42. The van der Waals surface area contributed by atoms with Crippen molar-refractivity contribution in [2.75, 3.05) is 20.3 Å². The third-order valence-electron chi connectivity index (χ3n) is 2.79. The van der Waals surface area contributed by atoms with E-state index in [9.17, 15) is 0 Å². The Labute approximate surface area is 129 Å². The summed E-state index contributed by atoms with van der Waals surface area (Å²) in [4.78, 5) is 5.58. The van der Waals surface area contributed by atoms with Crippen LogP contribution in [0.1, 0.15) is 11.6 Å². The molecule has 0 saturated carbocycles. The van der Waals surface area contributed by atoms with Gasteiger partial charge < -0.3 is 14.5 Å². The van der Waals surface area contributed by atoms with Gasteiger partial charge in [0.1, 0.15) is 5.03 Å². The lowest BCUT2D eigenvalue weighted by molar-refractivity contribution is 0.199. The van der Waals surface area contributed by atoms with Crippen molar-refractivity contribution in [1.82, 2.24) is 24.9 Å². The zero-order valence-electron chi connectivity index (χ0n) is 11.7. The third-order valence-corrected chi connectivity index (χ3v) is 4.41. The molecule has 0 aliphatic carbocycles. The van der Waals surface area contributed by atoms with Crippen LogP contribution in [0.5, 0.6) is 0 Å². The molecule has 0 fully saturated rings. The Morgan fingerprint density at radius 1 is 1.48 bits per heavy atom. The number of imidazole rings is 1. The van der Waals surface area contributed by atoms with Crippen LogP contribution in [0.2, 0.25) is 0 Å². The molecule has 0 aliphatic heterocycles. The van der Waals surface area contributed by atoms with Gasteiger partial charge >= 0.3 is 0 Å². The topological polar surface area (TPSA) is 77.5 Å². The molecule has 3 heterocycles. The first-order chi connectivity index (χ1) is 10.3. The van der Waals surface area contributed by atoms with Crippen LogP contribution in [0.4, 0.5) is 0 Å². The van der Waals surface area contributed by atoms with E-state index in [0.717, 1.165) is 22.2 Å². The number of nitrogens with zero attached hydrogens (tertiary/aromatic N) is 4. The van der Waals surface area contributed by atoms with Gasteiger partial charge in [0, 0.05) is 38.7 Å². The maximum Gasteiger partial charge on any atom is 0.282 e. The van der Waals surface area contributed by atoms with Crippen LogP contribution in [0.15, 0.2) is 26.2 Å². The highest BCUT2D eigenvalue weighted by molar-refractivity contribution is 7.99. The summed E-state index contributed by atoms with van der Waals surface area (Å²) in [5.41, 5.74) is 1.09. The average Bonchev–Trinajstić information content (AvgIpc) is 3.13. The van der Waals surface area contributed by atoms with Crippen LogP contribution < -0.4 is 5.32 Å². The van der Waals surface area contributed by atoms with Gasteiger partial charge in [0.25, 0.3) is 5.22 Å². The number of aryl methyl sites for hydroxylation is 1. The fraction of sp³-hybridized carbons (Fsp3) is 0.417. The first-order valence-corrected chi connectivity index (χ1v) is 8.09. The second kappa shape index (κ2) is 6.56. The standard InChI is InChI=1S/C12H15N5O2S2/c1-8-15-16-12(19-8)21-10-9(7-13-3-5-18-2)17-4-6-20-11(17)14-10/h4,6,13H,3,5,7H2,1-2H3. The van der Waals surface area contributed by atoms with E-state index in [-0.39, 0.29) is 0 Å². The molecular formula is C12H15N5O2S2. The highest BCUT2D eigenvalue weighted by Gasteiger charge is 2.16. The fourth-order valence-corrected chi connectivity index (χ4v) is 3.46. The van der Waals surface area contributed by atoms with Gasteiger partial charge in [-0.1, -0.05) is 0 Å². The minimum atomic E-state index is 0.511. The fourth-order valence-electron chi connectivity index (χ4n) is 1.84. The van der Waals surface area contributed by atoms with Crippen molar-refractivity contribution in [1.29, 1.82) is 0 Å². The van der Waals surface area contributed by atoms with E-state index in [1.165, 1.54) is 11.8 Å². The molecule has 7 nitrogen and oxygen atoms in total. The van der Waals surface area contributed by atoms with E-state index in [0.29, 0.717) is 24.3 Å². The molecule has 21 heavy (non-hydrogen) atoms. The van der Waals surface area contributed by atoms with Crippen molar-refractivity contribution in [3.63, 3.8) is 0 Å². The SMILES string of the molecule is COCCNCc1c(Sc2nnc(C)o2)nc2sccn12. The Balaban J connectivity index is 1.81. The molecule has 3 aromatic heterocycles. The number of hydrogen-bond acceptors (Lipinski definition) is 8. The van der Waals surface area contributed by atoms with Crippen LogP contribution >= 0.6 is 23.1 Å². The van der Waals surface area contributed by atoms with Gasteiger partial charge in [0.2, 0.25) is 5.89 Å². The summed E-state index contributed by atoms with van der Waals surface area (Å²) < 4.78 is 12.5. The number of fused-ring (bicyclic) bond motifs is 1. The van der Waals surface area contributed by atoms with Crippen molar-refractivity contribution in [2.45, 2.75) is 23.7 Å². The van der Waals surface area contributed by atoms with Crippen molar-refractivity contribution < 1.29 is 9.15 Å². The van der Waals surface area contributed by atoms with Crippen molar-refractivity contribution in [3.8, 4) is 0 Å². The first kappa shape index (κ1) is 14.5. The molecule has 9 heteroatoms. The predicted molar refractivity (Wildman–Crippen MR) is 79.8 cm³/mol. The molecule has 0 amide bonds. The lowest BCUT2D eigenvalue weighted by atomic mass is 10.4. The Kier molecular flexibility index (Phi) is 4.54. The number of aromatic nitrogens is 4. The summed E-state index contributed by atoms with van der Waals surface area (Å²) in [6, 6.07) is 0. The van der Waals surface area contributed by atoms with E-state index < -0.39 is 0 Å². The van der Waals surface area contributed by atoms with Crippen LogP contribution in [-0.2, 0) is 11.3 Å². The van der Waals surface area contributed by atoms with E-state index in [4.69, 9.17) is 9.15 Å². The summed E-state index contributed by atoms with van der Waals surface area (Å²) >= 11 is 2.99. The molecule has 0 radical (unpaired) electrons. The highest BCUT2D eigenvalue weighted by Crippen LogP contribution is 2.30. The maximum absolute atomic E-state index is 5.41. The molecule has 1 N–H and O–H groups in total. The molecular weight excluding hydrogens is 310 g/mol. The quantitative estimate of drug-likeness (QED) is 0.665. The van der Waals surface area contributed by atoms with E-state index in [1.807, 2.05) is 11.6 Å². The number of methoxy groups -OCH3 is 1. The van der Waals surface area contributed by atoms with Crippen LogP contribution in [-0.4, -0.2) is 39.8 Å². The van der Waals surface area contributed by atoms with Gasteiger partial charge in [0.05, 0.1) is 12.3 Å². The normalized spacial score (nSPS) is 11.5. The molecule has 3 rings (SSSR count). The first-order valence-electron chi connectivity index (χ1n) is 6.40. The number of ether oxygens (including phenoxy) is 1. The zero-order valence-corrected chi connectivity index (χ0v) is 13.3. The third kappa shape index (κ3) is 3.26. The van der Waals surface area contributed by atoms with Crippen LogP contribution in [0.25, 0.3) is 4.96 Å². The monoisotopic (exact) mass is 325 g/mol. The lowest BCUT2D eigenvalue weighted by Crippen LogP contribution is -2.19. The minimum Gasteiger partial charge on any atom is -0.416 e. The van der Waals surface area contributed by atoms with Gasteiger partial charge in [-0.25, -0.2) is 4.98 Å².